The molecule has 0 unspecified atom stereocenters. The summed E-state index contributed by atoms with van der Waals surface area (Å²) < 4.78 is 35.5. The molecule has 5 aliphatic heterocycles. The molecule has 6 aromatic rings. The van der Waals surface area contributed by atoms with Gasteiger partial charge in [0.15, 0.2) is 18.2 Å². The Bertz CT molecular complexity index is 2810. The van der Waals surface area contributed by atoms with Crippen LogP contribution in [0.3, 0.4) is 0 Å². The quantitative estimate of drug-likeness (QED) is 0.156. The lowest BCUT2D eigenvalue weighted by Gasteiger charge is -2.41. The number of nitrogens with zero attached hydrogens (tertiary/aromatic N) is 7. The molecule has 16 nitrogen and oxygen atoms in total. The second-order valence-corrected chi connectivity index (χ2v) is 20.0. The Kier molecular flexibility index (Phi) is 12.7. The van der Waals surface area contributed by atoms with Crippen molar-refractivity contribution in [1.29, 1.82) is 0 Å². The number of ether oxygens (including phenoxy) is 5. The molecule has 4 aromatic heterocycles. The average molecular weight is 958 g/mol. The molecule has 0 spiro atoms. The standard InChI is InChI=1S/C28H33ClN4O5.C20H21ClN4O3.CH4/c1-15-18-10-12-33(24(18)31-14-30-15)25-23-22(36-28(5,6)37-23)21(35-25)20-19-8-7-17(29)13-16(19)9-11-32(20)26(34)38-27(2,3)4;1-10-13-5-7-25(19(13)24-9-23-10)20-17(27)16(26)18(28-20)15-14-3-2-12(21)8-11(14)4-6-22-15;/h7-8,10,12-14,20-23,25H,9,11H2,1-6H3;2-3,5,7-9,15-18,20,22,26-27H,4,6H2,1H3;1H4/t20-,21-,22-,23-,25-;15-,16+,17-,18-,20-;/m11./s1. The molecule has 0 bridgehead atoms. The molecule has 0 saturated carbocycles. The summed E-state index contributed by atoms with van der Waals surface area (Å²) in [4.78, 5) is 32.7. The first-order valence-corrected chi connectivity index (χ1v) is 23.1. The Labute approximate surface area is 399 Å². The molecule has 2 aromatic carbocycles. The van der Waals surface area contributed by atoms with E-state index in [0.29, 0.717) is 28.7 Å². The molecule has 10 atom stereocenters. The fraction of sp³-hybridized carbons (Fsp3) is 0.490. The first-order chi connectivity index (χ1) is 31.5. The summed E-state index contributed by atoms with van der Waals surface area (Å²) in [7, 11) is 0. The smallest absolute Gasteiger partial charge is 0.410 e. The van der Waals surface area contributed by atoms with Crippen LogP contribution in [0.1, 0.15) is 100 Å². The highest BCUT2D eigenvalue weighted by Gasteiger charge is 2.60. The van der Waals surface area contributed by atoms with Gasteiger partial charge in [-0.15, -0.1) is 0 Å². The van der Waals surface area contributed by atoms with E-state index in [1.165, 1.54) is 6.33 Å². The number of aliphatic hydroxyl groups excluding tert-OH is 2. The number of carbonyl (C=O) groups excluding carboxylic acids is 1. The number of hydrogen-bond donors (Lipinski definition) is 3. The van der Waals surface area contributed by atoms with Crippen LogP contribution in [0.4, 0.5) is 4.79 Å². The Morgan fingerprint density at radius 1 is 0.761 bits per heavy atom. The van der Waals surface area contributed by atoms with Gasteiger partial charge in [-0.1, -0.05) is 42.8 Å². The minimum Gasteiger partial charge on any atom is -0.444 e. The highest BCUT2D eigenvalue weighted by molar-refractivity contribution is 6.31. The average Bonchev–Trinajstić information content (AvgIpc) is 4.09. The molecule has 0 aliphatic carbocycles. The molecule has 1 amide bonds. The number of rotatable bonds is 4. The van der Waals surface area contributed by atoms with E-state index in [2.05, 4.69) is 25.3 Å². The lowest BCUT2D eigenvalue weighted by atomic mass is 9.87. The summed E-state index contributed by atoms with van der Waals surface area (Å²) in [6, 6.07) is 14.8. The largest absolute Gasteiger partial charge is 0.444 e. The Morgan fingerprint density at radius 2 is 1.33 bits per heavy atom. The predicted molar refractivity (Wildman–Crippen MR) is 252 cm³/mol. The number of aromatic nitrogens is 6. The van der Waals surface area contributed by atoms with E-state index in [4.69, 9.17) is 46.9 Å². The van der Waals surface area contributed by atoms with Crippen molar-refractivity contribution in [3.05, 3.63) is 117 Å². The van der Waals surface area contributed by atoms with Crippen molar-refractivity contribution in [3.8, 4) is 0 Å². The number of halogens is 2. The third-order valence-electron chi connectivity index (χ3n) is 13.2. The van der Waals surface area contributed by atoms with E-state index in [1.807, 2.05) is 114 Å². The van der Waals surface area contributed by atoms with Gasteiger partial charge in [0.2, 0.25) is 0 Å². The molecule has 3 N–H and O–H groups in total. The van der Waals surface area contributed by atoms with E-state index in [-0.39, 0.29) is 19.6 Å². The van der Waals surface area contributed by atoms with E-state index in [9.17, 15) is 15.0 Å². The van der Waals surface area contributed by atoms with Gasteiger partial charge in [0.05, 0.1) is 23.5 Å². The molecular weight excluding hydrogens is 899 g/mol. The number of fused-ring (bicyclic) bond motifs is 5. The van der Waals surface area contributed by atoms with Crippen LogP contribution >= 0.6 is 23.2 Å². The normalized spacial score (nSPS) is 28.6. The van der Waals surface area contributed by atoms with Crippen molar-refractivity contribution in [1.82, 2.24) is 39.3 Å². The fourth-order valence-corrected chi connectivity index (χ4v) is 10.6. The van der Waals surface area contributed by atoms with Gasteiger partial charge in [-0.05, 0) is 127 Å². The number of aryl methyl sites for hydroxylation is 2. The van der Waals surface area contributed by atoms with Gasteiger partial charge in [0.25, 0.3) is 0 Å². The SMILES string of the molecule is C.Cc1ncnc2c1ccn2[C@@H]1O[C@H]([C@@H]2NCCc3cc(Cl)ccc32)[C@@H](O)[C@H]1O.Cc1ncnc2c1ccn2[C@@H]1O[C@H]([C@H]2c3ccc(Cl)cc3CCN2C(=O)OC(C)(C)C)[C@H]2OC(C)(C)O[C@H]21. The molecule has 0 radical (unpaired) electrons. The lowest BCUT2D eigenvalue weighted by molar-refractivity contribution is -0.203. The van der Waals surface area contributed by atoms with Crippen LogP contribution in [0.15, 0.2) is 73.6 Å². The summed E-state index contributed by atoms with van der Waals surface area (Å²) >= 11 is 12.5. The highest BCUT2D eigenvalue weighted by Crippen LogP contribution is 2.50. The van der Waals surface area contributed by atoms with Crippen molar-refractivity contribution in [2.24, 2.45) is 0 Å². The number of carbonyl (C=O) groups is 1. The van der Waals surface area contributed by atoms with E-state index >= 15 is 0 Å². The van der Waals surface area contributed by atoms with E-state index in [0.717, 1.165) is 63.0 Å². The van der Waals surface area contributed by atoms with Gasteiger partial charge in [-0.25, -0.2) is 24.7 Å². The van der Waals surface area contributed by atoms with E-state index < -0.39 is 66.5 Å². The van der Waals surface area contributed by atoms with Gasteiger partial charge in [-0.3, -0.25) is 4.90 Å². The van der Waals surface area contributed by atoms with Gasteiger partial charge in [-0.2, -0.15) is 0 Å². The number of hydrogen-bond acceptors (Lipinski definition) is 13. The summed E-state index contributed by atoms with van der Waals surface area (Å²) in [5.41, 5.74) is 6.77. The molecule has 5 aliphatic rings. The molecule has 356 valence electrons. The van der Waals surface area contributed by atoms with Crippen LogP contribution in [0.2, 0.25) is 10.0 Å². The first-order valence-electron chi connectivity index (χ1n) is 22.3. The molecular formula is C49H58Cl2N8O8. The Balaban J connectivity index is 0.000000173. The monoisotopic (exact) mass is 956 g/mol. The molecule has 3 fully saturated rings. The number of aliphatic hydroxyl groups is 2. The maximum Gasteiger partial charge on any atom is 0.410 e. The van der Waals surface area contributed by atoms with Crippen LogP contribution in [0, 0.1) is 13.8 Å². The zero-order valence-corrected chi connectivity index (χ0v) is 39.3. The van der Waals surface area contributed by atoms with Crippen molar-refractivity contribution >= 4 is 51.4 Å². The summed E-state index contributed by atoms with van der Waals surface area (Å²) in [6.45, 7) is 14.5. The third kappa shape index (κ3) is 8.70. The zero-order chi connectivity index (χ0) is 46.4. The maximum atomic E-state index is 13.5. The van der Waals surface area contributed by atoms with Gasteiger partial charge in [0.1, 0.15) is 66.2 Å². The molecule has 18 heteroatoms. The Morgan fingerprint density at radius 3 is 1.96 bits per heavy atom. The zero-order valence-electron chi connectivity index (χ0n) is 37.8. The second-order valence-electron chi connectivity index (χ2n) is 19.1. The highest BCUT2D eigenvalue weighted by atomic mass is 35.5. The van der Waals surface area contributed by atoms with Gasteiger partial charge >= 0.3 is 6.09 Å². The van der Waals surface area contributed by atoms with Crippen LogP contribution in [0.5, 0.6) is 0 Å². The minimum absolute atomic E-state index is 0. The van der Waals surface area contributed by atoms with Crippen LogP contribution in [-0.4, -0.2) is 111 Å². The van der Waals surface area contributed by atoms with Crippen LogP contribution < -0.4 is 5.32 Å². The van der Waals surface area contributed by atoms with Crippen molar-refractivity contribution < 1.29 is 38.7 Å². The predicted octanol–water partition coefficient (Wildman–Crippen LogP) is 7.88. The number of benzene rings is 2. The summed E-state index contributed by atoms with van der Waals surface area (Å²) in [5, 5.41) is 28.2. The van der Waals surface area contributed by atoms with Crippen molar-refractivity contribution in [2.75, 3.05) is 13.1 Å². The molecule has 67 heavy (non-hydrogen) atoms. The summed E-state index contributed by atoms with van der Waals surface area (Å²) in [5.74, 6) is -0.822. The molecule has 9 heterocycles. The molecule has 11 rings (SSSR count). The third-order valence-corrected chi connectivity index (χ3v) is 13.6. The first kappa shape index (κ1) is 47.3. The topological polar surface area (TPSA) is 180 Å². The minimum atomic E-state index is -1.07. The van der Waals surface area contributed by atoms with E-state index in [1.54, 1.807) is 15.8 Å². The fourth-order valence-electron chi connectivity index (χ4n) is 10.2. The van der Waals surface area contributed by atoms with Crippen molar-refractivity contribution in [3.63, 3.8) is 0 Å². The Hall–Kier alpha value is -4.75. The number of nitrogens with one attached hydrogen (secondary N) is 1. The second kappa shape index (κ2) is 18.0. The van der Waals surface area contributed by atoms with Crippen LogP contribution in [0.25, 0.3) is 22.1 Å². The lowest BCUT2D eigenvalue weighted by Crippen LogP contribution is -2.50. The van der Waals surface area contributed by atoms with Gasteiger partial charge in [0, 0.05) is 39.8 Å². The summed E-state index contributed by atoms with van der Waals surface area (Å²) in [6.07, 6.45) is 2.61. The van der Waals surface area contributed by atoms with Crippen molar-refractivity contribution in [2.45, 2.75) is 141 Å². The maximum absolute atomic E-state index is 13.5. The number of amides is 1. The van der Waals surface area contributed by atoms with Gasteiger partial charge < -0.3 is 48.3 Å². The van der Waals surface area contributed by atoms with Crippen LogP contribution in [-0.2, 0) is 36.5 Å². The molecule has 3 saturated heterocycles.